The number of hydrogen-bond acceptors (Lipinski definition) is 3. The average molecular weight is 202 g/mol. The van der Waals surface area contributed by atoms with E-state index in [1.165, 1.54) is 7.11 Å². The van der Waals surface area contributed by atoms with E-state index in [4.69, 9.17) is 12.6 Å². The van der Waals surface area contributed by atoms with Crippen LogP contribution >= 0.6 is 0 Å². The summed E-state index contributed by atoms with van der Waals surface area (Å²) in [4.78, 5) is 27.1. The second-order valence-corrected chi connectivity index (χ2v) is 3.02. The number of H-pyrrole nitrogens is 2. The fourth-order valence-corrected chi connectivity index (χ4v) is 1.44. The van der Waals surface area contributed by atoms with Gasteiger partial charge in [0, 0.05) is 0 Å². The molecule has 0 aliphatic heterocycles. The fraction of sp³-hybridized carbons (Fsp3) is 0.111. The van der Waals surface area contributed by atoms with Crippen molar-refractivity contribution in [2.24, 2.45) is 0 Å². The normalized spacial score (nSPS) is 10.5. The monoisotopic (exact) mass is 202 g/mol. The van der Waals surface area contributed by atoms with Gasteiger partial charge >= 0.3 is 5.69 Å². The van der Waals surface area contributed by atoms with Gasteiger partial charge in [0.25, 0.3) is 5.56 Å². The van der Waals surface area contributed by atoms with E-state index in [9.17, 15) is 9.59 Å². The van der Waals surface area contributed by atoms with Crippen molar-refractivity contribution in [2.45, 2.75) is 0 Å². The van der Waals surface area contributed by atoms with Crippen LogP contribution in [0, 0.1) is 0 Å². The lowest BCUT2D eigenvalue weighted by molar-refractivity contribution is 0.419. The average Bonchev–Trinajstić information content (AvgIpc) is 2.19. The zero-order chi connectivity index (χ0) is 11.0. The first-order valence-electron chi connectivity index (χ1n) is 4.22. The number of nitrogens with one attached hydrogen (secondary N) is 2. The third-order valence-corrected chi connectivity index (χ3v) is 2.11. The van der Waals surface area contributed by atoms with E-state index in [1.807, 2.05) is 0 Å². The second kappa shape index (κ2) is 3.31. The Morgan fingerprint density at radius 2 is 2.00 bits per heavy atom. The third-order valence-electron chi connectivity index (χ3n) is 2.11. The Morgan fingerprint density at radius 1 is 1.27 bits per heavy atom. The van der Waals surface area contributed by atoms with Crippen molar-refractivity contribution in [1.29, 1.82) is 0 Å². The van der Waals surface area contributed by atoms with Crippen LogP contribution in [0.5, 0.6) is 5.75 Å². The van der Waals surface area contributed by atoms with Crippen LogP contribution in [0.15, 0.2) is 21.7 Å². The Balaban J connectivity index is 3.07. The van der Waals surface area contributed by atoms with Crippen molar-refractivity contribution in [1.82, 2.24) is 9.97 Å². The first-order chi connectivity index (χ1) is 7.13. The van der Waals surface area contributed by atoms with Crippen LogP contribution < -0.4 is 21.4 Å². The molecule has 0 fully saturated rings. The van der Waals surface area contributed by atoms with Gasteiger partial charge in [-0.3, -0.25) is 9.78 Å². The summed E-state index contributed by atoms with van der Waals surface area (Å²) in [6, 6.07) is 3.14. The van der Waals surface area contributed by atoms with Gasteiger partial charge in [-0.05, 0) is 6.07 Å². The van der Waals surface area contributed by atoms with Crippen LogP contribution in [0.25, 0.3) is 10.9 Å². The van der Waals surface area contributed by atoms with Crippen molar-refractivity contribution in [3.05, 3.63) is 33.0 Å². The Hall–Kier alpha value is -1.98. The molecule has 1 heterocycles. The standard InChI is InChI=1S/C9H7BN2O3/c1-15-5-3-2-4(10)7-6(5)8(13)12-9(14)11-7/h2-3H,1H3,(H2,11,12,13,14). The number of aromatic amines is 2. The van der Waals surface area contributed by atoms with Crippen LogP contribution in [0.3, 0.4) is 0 Å². The Bertz CT molecular complexity index is 629. The van der Waals surface area contributed by atoms with Gasteiger partial charge in [-0.1, -0.05) is 11.5 Å². The van der Waals surface area contributed by atoms with E-state index in [2.05, 4.69) is 9.97 Å². The lowest BCUT2D eigenvalue weighted by atomic mass is 9.93. The lowest BCUT2D eigenvalue weighted by Crippen LogP contribution is -2.25. The predicted octanol–water partition coefficient (Wildman–Crippen LogP) is -0.981. The van der Waals surface area contributed by atoms with E-state index >= 15 is 0 Å². The van der Waals surface area contributed by atoms with Gasteiger partial charge in [0.1, 0.15) is 19.0 Å². The van der Waals surface area contributed by atoms with Gasteiger partial charge in [-0.15, -0.1) is 0 Å². The van der Waals surface area contributed by atoms with E-state index in [1.54, 1.807) is 12.1 Å². The molecule has 2 radical (unpaired) electrons. The van der Waals surface area contributed by atoms with E-state index in [-0.39, 0.29) is 5.39 Å². The van der Waals surface area contributed by atoms with Crippen molar-refractivity contribution >= 4 is 24.2 Å². The van der Waals surface area contributed by atoms with Crippen molar-refractivity contribution in [3.8, 4) is 5.75 Å². The van der Waals surface area contributed by atoms with E-state index < -0.39 is 11.2 Å². The molecule has 15 heavy (non-hydrogen) atoms. The van der Waals surface area contributed by atoms with Crippen molar-refractivity contribution in [2.75, 3.05) is 7.11 Å². The van der Waals surface area contributed by atoms with Crippen LogP contribution in [0.2, 0.25) is 0 Å². The maximum atomic E-state index is 11.5. The Labute approximate surface area is 85.5 Å². The van der Waals surface area contributed by atoms with E-state index in [0.29, 0.717) is 16.7 Å². The fourth-order valence-electron chi connectivity index (χ4n) is 1.44. The first kappa shape index (κ1) is 9.58. The van der Waals surface area contributed by atoms with Crippen LogP contribution in [-0.4, -0.2) is 24.9 Å². The molecular weight excluding hydrogens is 195 g/mol. The number of methoxy groups -OCH3 is 1. The van der Waals surface area contributed by atoms with Crippen molar-refractivity contribution in [3.63, 3.8) is 0 Å². The van der Waals surface area contributed by atoms with Gasteiger partial charge in [0.05, 0.1) is 12.6 Å². The molecule has 0 bridgehead atoms. The smallest absolute Gasteiger partial charge is 0.326 e. The summed E-state index contributed by atoms with van der Waals surface area (Å²) in [5, 5.41) is 0.247. The third kappa shape index (κ3) is 1.43. The van der Waals surface area contributed by atoms with Crippen molar-refractivity contribution < 1.29 is 4.74 Å². The number of benzene rings is 1. The molecule has 0 amide bonds. The van der Waals surface area contributed by atoms with Gasteiger partial charge in [0.2, 0.25) is 0 Å². The highest BCUT2D eigenvalue weighted by atomic mass is 16.5. The largest absolute Gasteiger partial charge is 0.496 e. The molecule has 0 saturated carbocycles. The first-order valence-corrected chi connectivity index (χ1v) is 4.22. The number of hydrogen-bond donors (Lipinski definition) is 2. The number of fused-ring (bicyclic) bond motifs is 1. The molecule has 74 valence electrons. The molecule has 0 spiro atoms. The van der Waals surface area contributed by atoms with E-state index in [0.717, 1.165) is 0 Å². The topological polar surface area (TPSA) is 75.0 Å². The minimum absolute atomic E-state index is 0.247. The molecule has 2 N–H and O–H groups in total. The molecule has 0 atom stereocenters. The summed E-state index contributed by atoms with van der Waals surface area (Å²) in [5.74, 6) is 0.372. The minimum Gasteiger partial charge on any atom is -0.496 e. The molecule has 1 aromatic carbocycles. The number of aromatic nitrogens is 2. The molecule has 0 saturated heterocycles. The molecule has 2 rings (SSSR count). The summed E-state index contributed by atoms with van der Waals surface area (Å²) in [7, 11) is 7.08. The summed E-state index contributed by atoms with van der Waals surface area (Å²) in [5.41, 5.74) is -0.484. The Kier molecular flexibility index (Phi) is 2.11. The summed E-state index contributed by atoms with van der Waals surface area (Å²) >= 11 is 0. The highest BCUT2D eigenvalue weighted by Crippen LogP contribution is 2.16. The summed E-state index contributed by atoms with van der Waals surface area (Å²) in [6.45, 7) is 0. The highest BCUT2D eigenvalue weighted by molar-refractivity contribution is 6.38. The summed E-state index contributed by atoms with van der Waals surface area (Å²) < 4.78 is 5.01. The van der Waals surface area contributed by atoms with Gasteiger partial charge in [-0.25, -0.2) is 4.79 Å². The van der Waals surface area contributed by atoms with Gasteiger partial charge < -0.3 is 9.72 Å². The molecular formula is C9H7BN2O3. The molecule has 0 aliphatic rings. The minimum atomic E-state index is -0.590. The zero-order valence-corrected chi connectivity index (χ0v) is 7.96. The molecule has 6 heteroatoms. The lowest BCUT2D eigenvalue weighted by Gasteiger charge is -2.06. The Morgan fingerprint density at radius 3 is 2.67 bits per heavy atom. The predicted molar refractivity (Wildman–Crippen MR) is 57.1 cm³/mol. The zero-order valence-electron chi connectivity index (χ0n) is 7.96. The SMILES string of the molecule is [B]c1ccc(OC)c2c(=O)[nH]c(=O)[nH]c12. The summed E-state index contributed by atoms with van der Waals surface area (Å²) in [6.07, 6.45) is 0. The molecule has 2 aromatic rings. The maximum absolute atomic E-state index is 11.5. The van der Waals surface area contributed by atoms with Crippen LogP contribution in [-0.2, 0) is 0 Å². The quantitative estimate of drug-likeness (QED) is 0.583. The highest BCUT2D eigenvalue weighted by Gasteiger charge is 2.08. The number of ether oxygens (including phenoxy) is 1. The van der Waals surface area contributed by atoms with Gasteiger partial charge in [-0.2, -0.15) is 0 Å². The molecule has 5 nitrogen and oxygen atoms in total. The molecule has 1 aromatic heterocycles. The van der Waals surface area contributed by atoms with Crippen LogP contribution in [0.4, 0.5) is 0 Å². The molecule has 0 aliphatic carbocycles. The number of rotatable bonds is 1. The van der Waals surface area contributed by atoms with Crippen LogP contribution in [0.1, 0.15) is 0 Å². The van der Waals surface area contributed by atoms with Gasteiger partial charge in [0.15, 0.2) is 0 Å². The second-order valence-electron chi connectivity index (χ2n) is 3.02. The molecule has 0 unspecified atom stereocenters. The maximum Gasteiger partial charge on any atom is 0.326 e.